The normalized spacial score (nSPS) is 19.1. The van der Waals surface area contributed by atoms with Gasteiger partial charge in [-0.2, -0.15) is 5.10 Å². The van der Waals surface area contributed by atoms with Crippen molar-refractivity contribution in [2.45, 2.75) is 44.9 Å². The first-order chi connectivity index (χ1) is 11.1. The first-order valence-electron chi connectivity index (χ1n) is 7.84. The van der Waals surface area contributed by atoms with E-state index < -0.39 is 0 Å². The lowest BCUT2D eigenvalue weighted by atomic mass is 10.1. The molecule has 1 N–H and O–H groups in total. The lowest BCUT2D eigenvalue weighted by molar-refractivity contribution is -0.122. The molecule has 0 radical (unpaired) electrons. The molecule has 2 aromatic rings. The first-order valence-corrected chi connectivity index (χ1v) is 7.84. The number of aromatic nitrogens is 4. The van der Waals surface area contributed by atoms with Gasteiger partial charge in [0, 0.05) is 26.6 Å². The first kappa shape index (κ1) is 15.7. The Kier molecular flexibility index (Phi) is 4.42. The van der Waals surface area contributed by atoms with Crippen LogP contribution in [0.2, 0.25) is 0 Å². The average molecular weight is 319 g/mol. The van der Waals surface area contributed by atoms with Gasteiger partial charge in [-0.05, 0) is 19.8 Å². The lowest BCUT2D eigenvalue weighted by Gasteiger charge is -2.20. The fourth-order valence-electron chi connectivity index (χ4n) is 2.86. The van der Waals surface area contributed by atoms with Gasteiger partial charge in [0.05, 0.1) is 24.7 Å². The summed E-state index contributed by atoms with van der Waals surface area (Å²) in [5, 5.41) is 7.42. The number of ether oxygens (including phenoxy) is 1. The number of fused-ring (bicyclic) bond motifs is 1. The predicted molar refractivity (Wildman–Crippen MR) is 84.0 cm³/mol. The van der Waals surface area contributed by atoms with E-state index >= 15 is 0 Å². The predicted octanol–water partition coefficient (Wildman–Crippen LogP) is 0.204. The molecule has 8 heteroatoms. The van der Waals surface area contributed by atoms with E-state index in [9.17, 15) is 9.59 Å². The van der Waals surface area contributed by atoms with Gasteiger partial charge in [-0.1, -0.05) is 0 Å². The Morgan fingerprint density at radius 1 is 1.57 bits per heavy atom. The molecule has 23 heavy (non-hydrogen) atoms. The second-order valence-corrected chi connectivity index (χ2v) is 5.91. The van der Waals surface area contributed by atoms with Crippen LogP contribution in [0.15, 0.2) is 17.3 Å². The number of nitrogens with zero attached hydrogens (tertiary/aromatic N) is 4. The summed E-state index contributed by atoms with van der Waals surface area (Å²) in [4.78, 5) is 28.6. The van der Waals surface area contributed by atoms with Crippen LogP contribution in [0.25, 0.3) is 11.0 Å². The number of hydrogen-bond acceptors (Lipinski definition) is 5. The molecule has 1 fully saturated rings. The molecule has 1 aliphatic rings. The van der Waals surface area contributed by atoms with Gasteiger partial charge in [-0.25, -0.2) is 4.98 Å². The number of amides is 1. The third-order valence-corrected chi connectivity index (χ3v) is 4.21. The second kappa shape index (κ2) is 6.49. The van der Waals surface area contributed by atoms with E-state index in [2.05, 4.69) is 15.4 Å². The minimum atomic E-state index is -0.178. The molecule has 8 nitrogen and oxygen atoms in total. The fraction of sp³-hybridized carbons (Fsp3) is 0.600. The van der Waals surface area contributed by atoms with Crippen LogP contribution in [-0.2, 0) is 23.1 Å². The van der Waals surface area contributed by atoms with Crippen molar-refractivity contribution < 1.29 is 9.53 Å². The molecule has 124 valence electrons. The molecule has 3 heterocycles. The summed E-state index contributed by atoms with van der Waals surface area (Å²) in [7, 11) is 1.74. The van der Waals surface area contributed by atoms with Crippen LogP contribution in [0.5, 0.6) is 0 Å². The topological polar surface area (TPSA) is 91.0 Å². The highest BCUT2D eigenvalue weighted by molar-refractivity contribution is 5.76. The zero-order valence-corrected chi connectivity index (χ0v) is 13.4. The molecule has 0 aliphatic carbocycles. The fourth-order valence-corrected chi connectivity index (χ4v) is 2.86. The van der Waals surface area contributed by atoms with Gasteiger partial charge in [0.2, 0.25) is 5.91 Å². The minimum Gasteiger partial charge on any atom is -0.376 e. The van der Waals surface area contributed by atoms with Crippen molar-refractivity contribution in [3.63, 3.8) is 0 Å². The van der Waals surface area contributed by atoms with Gasteiger partial charge in [0.15, 0.2) is 5.65 Å². The van der Waals surface area contributed by atoms with E-state index in [1.165, 1.54) is 17.1 Å². The second-order valence-electron chi connectivity index (χ2n) is 5.91. The quantitative estimate of drug-likeness (QED) is 0.850. The van der Waals surface area contributed by atoms with Gasteiger partial charge in [-0.3, -0.25) is 18.8 Å². The Bertz CT molecular complexity index is 760. The number of aryl methyl sites for hydroxylation is 2. The van der Waals surface area contributed by atoms with Crippen molar-refractivity contribution in [2.24, 2.45) is 7.05 Å². The third kappa shape index (κ3) is 3.26. The van der Waals surface area contributed by atoms with E-state index in [4.69, 9.17) is 4.74 Å². The van der Waals surface area contributed by atoms with Crippen LogP contribution < -0.4 is 10.9 Å². The highest BCUT2D eigenvalue weighted by Crippen LogP contribution is 2.15. The number of hydrogen-bond donors (Lipinski definition) is 1. The molecule has 1 saturated heterocycles. The van der Waals surface area contributed by atoms with Crippen LogP contribution in [0.1, 0.15) is 26.2 Å². The Hall–Kier alpha value is -2.22. The van der Waals surface area contributed by atoms with E-state index in [1.807, 2.05) is 6.92 Å². The molecule has 3 rings (SSSR count). The van der Waals surface area contributed by atoms with E-state index in [0.717, 1.165) is 19.4 Å². The SMILES string of the molecule is C[C@H](NC(=O)CCn1cnc2c(cnn2C)c1=O)[C@H]1CCCO1. The van der Waals surface area contributed by atoms with Gasteiger partial charge < -0.3 is 10.1 Å². The minimum absolute atomic E-state index is 0.0133. The van der Waals surface area contributed by atoms with Crippen molar-refractivity contribution in [2.75, 3.05) is 6.61 Å². The number of rotatable bonds is 5. The Morgan fingerprint density at radius 3 is 3.13 bits per heavy atom. The van der Waals surface area contributed by atoms with Crippen molar-refractivity contribution in [1.82, 2.24) is 24.6 Å². The summed E-state index contributed by atoms with van der Waals surface area (Å²) in [6.45, 7) is 3.00. The van der Waals surface area contributed by atoms with Crippen LogP contribution in [0.4, 0.5) is 0 Å². The highest BCUT2D eigenvalue weighted by Gasteiger charge is 2.23. The summed E-state index contributed by atoms with van der Waals surface area (Å²) < 4.78 is 8.56. The zero-order chi connectivity index (χ0) is 16.4. The molecule has 2 atom stereocenters. The van der Waals surface area contributed by atoms with Crippen LogP contribution in [0.3, 0.4) is 0 Å². The van der Waals surface area contributed by atoms with Gasteiger partial charge >= 0.3 is 0 Å². The zero-order valence-electron chi connectivity index (χ0n) is 13.4. The molecular formula is C15H21N5O3. The molecule has 1 aliphatic heterocycles. The lowest BCUT2D eigenvalue weighted by Crippen LogP contribution is -2.41. The van der Waals surface area contributed by atoms with Crippen LogP contribution >= 0.6 is 0 Å². The summed E-state index contributed by atoms with van der Waals surface area (Å²) in [6, 6.07) is -0.0133. The van der Waals surface area contributed by atoms with Crippen LogP contribution in [-0.4, -0.2) is 44.0 Å². The van der Waals surface area contributed by atoms with Gasteiger partial charge in [0.1, 0.15) is 5.39 Å². The summed E-state index contributed by atoms with van der Waals surface area (Å²) in [5.41, 5.74) is 0.366. The summed E-state index contributed by atoms with van der Waals surface area (Å²) >= 11 is 0. The molecule has 2 aromatic heterocycles. The molecule has 0 bridgehead atoms. The van der Waals surface area contributed by atoms with E-state index in [1.54, 1.807) is 11.7 Å². The third-order valence-electron chi connectivity index (χ3n) is 4.21. The Labute approximate surface area is 133 Å². The smallest absolute Gasteiger partial charge is 0.264 e. The Balaban J connectivity index is 1.60. The number of nitrogens with one attached hydrogen (secondary N) is 1. The molecule has 1 amide bonds. The van der Waals surface area contributed by atoms with Gasteiger partial charge in [-0.15, -0.1) is 0 Å². The highest BCUT2D eigenvalue weighted by atomic mass is 16.5. The van der Waals surface area contributed by atoms with Crippen molar-refractivity contribution in [3.05, 3.63) is 22.9 Å². The number of carbonyl (C=O) groups is 1. The largest absolute Gasteiger partial charge is 0.376 e. The van der Waals surface area contributed by atoms with E-state index in [-0.39, 0.29) is 30.0 Å². The van der Waals surface area contributed by atoms with Crippen molar-refractivity contribution in [1.29, 1.82) is 0 Å². The summed E-state index contributed by atoms with van der Waals surface area (Å²) in [6.07, 6.45) is 5.29. The van der Waals surface area contributed by atoms with Crippen molar-refractivity contribution in [3.8, 4) is 0 Å². The maximum Gasteiger partial charge on any atom is 0.264 e. The molecule has 0 saturated carbocycles. The summed E-state index contributed by atoms with van der Waals surface area (Å²) in [5.74, 6) is -0.0915. The van der Waals surface area contributed by atoms with E-state index in [0.29, 0.717) is 17.6 Å². The Morgan fingerprint density at radius 2 is 2.39 bits per heavy atom. The standard InChI is InChI=1S/C15H21N5O3/c1-10(12-4-3-7-23-12)18-13(21)5-6-20-9-16-14-11(15(20)22)8-17-19(14)2/h8-10,12H,3-7H2,1-2H3,(H,18,21)/t10-,12+/m0/s1. The van der Waals surface area contributed by atoms with Crippen molar-refractivity contribution >= 4 is 16.9 Å². The molecule has 0 unspecified atom stereocenters. The monoisotopic (exact) mass is 319 g/mol. The van der Waals surface area contributed by atoms with Gasteiger partial charge in [0.25, 0.3) is 5.56 Å². The maximum atomic E-state index is 12.3. The molecule has 0 spiro atoms. The maximum absolute atomic E-state index is 12.3. The molecular weight excluding hydrogens is 298 g/mol. The average Bonchev–Trinajstić information content (AvgIpc) is 3.17. The van der Waals surface area contributed by atoms with Crippen LogP contribution in [0, 0.1) is 0 Å². The number of carbonyl (C=O) groups excluding carboxylic acids is 1. The molecule has 0 aromatic carbocycles.